The van der Waals surface area contributed by atoms with Crippen molar-refractivity contribution in [1.82, 2.24) is 4.98 Å². The molecule has 2 aromatic carbocycles. The van der Waals surface area contributed by atoms with Crippen molar-refractivity contribution in [2.75, 3.05) is 10.6 Å². The van der Waals surface area contributed by atoms with E-state index in [2.05, 4.69) is 15.6 Å². The minimum absolute atomic E-state index is 0.0822. The molecule has 0 spiro atoms. The van der Waals surface area contributed by atoms with E-state index in [9.17, 15) is 9.59 Å². The molecule has 1 aliphatic carbocycles. The molecule has 4 rings (SSSR count). The molecule has 0 atom stereocenters. The third kappa shape index (κ3) is 4.03. The van der Waals surface area contributed by atoms with Crippen molar-refractivity contribution in [2.45, 2.75) is 32.1 Å². The molecule has 1 saturated carbocycles. The first-order chi connectivity index (χ1) is 13.7. The highest BCUT2D eigenvalue weighted by atomic mass is 16.2. The Morgan fingerprint density at radius 2 is 1.61 bits per heavy atom. The van der Waals surface area contributed by atoms with Crippen LogP contribution in [0, 0.1) is 5.92 Å². The summed E-state index contributed by atoms with van der Waals surface area (Å²) >= 11 is 0. The van der Waals surface area contributed by atoms with Crippen molar-refractivity contribution < 1.29 is 9.59 Å². The highest BCUT2D eigenvalue weighted by molar-refractivity contribution is 6.08. The fraction of sp³-hybridized carbons (Fsp3) is 0.261. The van der Waals surface area contributed by atoms with Gasteiger partial charge < -0.3 is 10.6 Å². The van der Waals surface area contributed by atoms with Gasteiger partial charge in [-0.1, -0.05) is 37.5 Å². The zero-order chi connectivity index (χ0) is 19.3. The molecule has 2 amide bonds. The number of hydrogen-bond acceptors (Lipinski definition) is 3. The molecule has 0 saturated heterocycles. The standard InChI is InChI=1S/C23H23N3O2/c27-22(17-6-2-1-3-7-17)25-19-13-11-18(12-14-19)23(28)26-20-10-4-8-16-9-5-15-24-21(16)20/h4-5,8-15,17H,1-3,6-7H2,(H,25,27)(H,26,28). The number of fused-ring (bicyclic) bond motifs is 1. The van der Waals surface area contributed by atoms with Crippen LogP contribution in [0.3, 0.4) is 0 Å². The van der Waals surface area contributed by atoms with E-state index in [1.165, 1.54) is 6.42 Å². The number of carbonyl (C=O) groups excluding carboxylic acids is 2. The predicted octanol–water partition coefficient (Wildman–Crippen LogP) is 5.01. The van der Waals surface area contributed by atoms with Gasteiger partial charge in [0.25, 0.3) is 5.91 Å². The highest BCUT2D eigenvalue weighted by Gasteiger charge is 2.21. The number of aromatic nitrogens is 1. The molecule has 1 heterocycles. The number of benzene rings is 2. The van der Waals surface area contributed by atoms with Crippen LogP contribution in [-0.4, -0.2) is 16.8 Å². The Bertz CT molecular complexity index is 987. The largest absolute Gasteiger partial charge is 0.326 e. The molecule has 3 aromatic rings. The topological polar surface area (TPSA) is 71.1 Å². The van der Waals surface area contributed by atoms with E-state index in [0.717, 1.165) is 42.3 Å². The maximum atomic E-state index is 12.6. The molecule has 0 unspecified atom stereocenters. The summed E-state index contributed by atoms with van der Waals surface area (Å²) in [5.41, 5.74) is 2.69. The lowest BCUT2D eigenvalue weighted by Crippen LogP contribution is -2.24. The fourth-order valence-electron chi connectivity index (χ4n) is 3.71. The minimum atomic E-state index is -0.205. The van der Waals surface area contributed by atoms with Crippen LogP contribution in [0.4, 0.5) is 11.4 Å². The third-order valence-electron chi connectivity index (χ3n) is 5.27. The molecular formula is C23H23N3O2. The van der Waals surface area contributed by atoms with E-state index in [-0.39, 0.29) is 17.7 Å². The van der Waals surface area contributed by atoms with Gasteiger partial charge >= 0.3 is 0 Å². The smallest absolute Gasteiger partial charge is 0.255 e. The van der Waals surface area contributed by atoms with Crippen LogP contribution in [-0.2, 0) is 4.79 Å². The van der Waals surface area contributed by atoms with Gasteiger partial charge in [-0.3, -0.25) is 14.6 Å². The molecule has 0 radical (unpaired) electrons. The van der Waals surface area contributed by atoms with E-state index >= 15 is 0 Å². The summed E-state index contributed by atoms with van der Waals surface area (Å²) in [6, 6.07) is 16.5. The number of pyridine rings is 1. The van der Waals surface area contributed by atoms with Crippen LogP contribution in [0.2, 0.25) is 0 Å². The Morgan fingerprint density at radius 3 is 2.39 bits per heavy atom. The molecule has 5 heteroatoms. The quantitative estimate of drug-likeness (QED) is 0.675. The van der Waals surface area contributed by atoms with E-state index in [1.807, 2.05) is 30.3 Å². The van der Waals surface area contributed by atoms with Crippen molar-refractivity contribution in [1.29, 1.82) is 0 Å². The zero-order valence-corrected chi connectivity index (χ0v) is 15.7. The van der Waals surface area contributed by atoms with Gasteiger partial charge in [0, 0.05) is 28.8 Å². The SMILES string of the molecule is O=C(Nc1cccc2cccnc12)c1ccc(NC(=O)C2CCCCC2)cc1. The predicted molar refractivity (Wildman–Crippen MR) is 111 cm³/mol. The molecular weight excluding hydrogens is 350 g/mol. The second-order valence-corrected chi connectivity index (χ2v) is 7.24. The lowest BCUT2D eigenvalue weighted by atomic mass is 9.88. The first-order valence-electron chi connectivity index (χ1n) is 9.77. The monoisotopic (exact) mass is 373 g/mol. The van der Waals surface area contributed by atoms with Gasteiger partial charge in [0.2, 0.25) is 5.91 Å². The summed E-state index contributed by atoms with van der Waals surface area (Å²) in [7, 11) is 0. The van der Waals surface area contributed by atoms with Gasteiger partial charge in [-0.15, -0.1) is 0 Å². The van der Waals surface area contributed by atoms with E-state index in [4.69, 9.17) is 0 Å². The van der Waals surface area contributed by atoms with Gasteiger partial charge in [-0.05, 0) is 49.2 Å². The Morgan fingerprint density at radius 1 is 0.857 bits per heavy atom. The minimum Gasteiger partial charge on any atom is -0.326 e. The number of nitrogens with one attached hydrogen (secondary N) is 2. The summed E-state index contributed by atoms with van der Waals surface area (Å²) < 4.78 is 0. The molecule has 1 aliphatic rings. The first-order valence-corrected chi connectivity index (χ1v) is 9.77. The zero-order valence-electron chi connectivity index (χ0n) is 15.7. The van der Waals surface area contributed by atoms with Gasteiger partial charge in [-0.2, -0.15) is 0 Å². The second kappa shape index (κ2) is 8.21. The summed E-state index contributed by atoms with van der Waals surface area (Å²) in [5, 5.41) is 6.87. The van der Waals surface area contributed by atoms with Crippen molar-refractivity contribution >= 4 is 34.1 Å². The number of rotatable bonds is 4. The fourth-order valence-corrected chi connectivity index (χ4v) is 3.71. The average Bonchev–Trinajstić information content (AvgIpc) is 2.75. The Labute approximate surface area is 164 Å². The maximum Gasteiger partial charge on any atom is 0.255 e. The molecule has 1 fully saturated rings. The molecule has 5 nitrogen and oxygen atoms in total. The summed E-state index contributed by atoms with van der Waals surface area (Å²) in [6.45, 7) is 0. The number of carbonyl (C=O) groups is 2. The number of amides is 2. The number of hydrogen-bond donors (Lipinski definition) is 2. The number of nitrogens with zero attached hydrogens (tertiary/aromatic N) is 1. The van der Waals surface area contributed by atoms with Crippen molar-refractivity contribution in [3.05, 3.63) is 66.4 Å². The van der Waals surface area contributed by atoms with Crippen molar-refractivity contribution in [3.8, 4) is 0 Å². The molecule has 1 aromatic heterocycles. The summed E-state index contributed by atoms with van der Waals surface area (Å²) in [6.07, 6.45) is 7.11. The molecule has 0 aliphatic heterocycles. The molecule has 0 bridgehead atoms. The lowest BCUT2D eigenvalue weighted by Gasteiger charge is -2.20. The Kier molecular flexibility index (Phi) is 5.33. The van der Waals surface area contributed by atoms with Crippen LogP contribution in [0.5, 0.6) is 0 Å². The molecule has 142 valence electrons. The lowest BCUT2D eigenvalue weighted by molar-refractivity contribution is -0.120. The summed E-state index contributed by atoms with van der Waals surface area (Å²) in [4.78, 5) is 29.3. The van der Waals surface area contributed by atoms with E-state index < -0.39 is 0 Å². The first kappa shape index (κ1) is 18.2. The van der Waals surface area contributed by atoms with Crippen LogP contribution in [0.1, 0.15) is 42.5 Å². The van der Waals surface area contributed by atoms with Crippen LogP contribution in [0.15, 0.2) is 60.8 Å². The normalized spacial score (nSPS) is 14.6. The highest BCUT2D eigenvalue weighted by Crippen LogP contribution is 2.25. The van der Waals surface area contributed by atoms with E-state index in [0.29, 0.717) is 11.3 Å². The van der Waals surface area contributed by atoms with Gasteiger partial charge in [0.05, 0.1) is 11.2 Å². The van der Waals surface area contributed by atoms with Crippen molar-refractivity contribution in [3.63, 3.8) is 0 Å². The van der Waals surface area contributed by atoms with Gasteiger partial charge in [0.15, 0.2) is 0 Å². The summed E-state index contributed by atoms with van der Waals surface area (Å²) in [5.74, 6) is -0.0161. The van der Waals surface area contributed by atoms with Crippen LogP contribution >= 0.6 is 0 Å². The van der Waals surface area contributed by atoms with Gasteiger partial charge in [-0.25, -0.2) is 0 Å². The molecule has 28 heavy (non-hydrogen) atoms. The third-order valence-corrected chi connectivity index (χ3v) is 5.27. The Hall–Kier alpha value is -3.21. The van der Waals surface area contributed by atoms with Crippen molar-refractivity contribution in [2.24, 2.45) is 5.92 Å². The Balaban J connectivity index is 1.43. The second-order valence-electron chi connectivity index (χ2n) is 7.24. The van der Waals surface area contributed by atoms with Crippen LogP contribution < -0.4 is 10.6 Å². The average molecular weight is 373 g/mol. The molecule has 2 N–H and O–H groups in total. The maximum absolute atomic E-state index is 12.6. The number of para-hydroxylation sites is 1. The van der Waals surface area contributed by atoms with E-state index in [1.54, 1.807) is 30.5 Å². The van der Waals surface area contributed by atoms with Crippen LogP contribution in [0.25, 0.3) is 10.9 Å². The van der Waals surface area contributed by atoms with Gasteiger partial charge in [0.1, 0.15) is 0 Å². The number of anilines is 2.